The summed E-state index contributed by atoms with van der Waals surface area (Å²) in [5, 5.41) is 13.4. The van der Waals surface area contributed by atoms with Gasteiger partial charge in [-0.2, -0.15) is 0 Å². The number of nitrogens with one attached hydrogen (secondary N) is 1. The van der Waals surface area contributed by atoms with Gasteiger partial charge in [-0.05, 0) is 37.8 Å². The highest BCUT2D eigenvalue weighted by atomic mass is 32.2. The monoisotopic (exact) mass is 281 g/mol. The SMILES string of the molecule is CCNC(CSc1ncc(C)cn1)(C(=O)O)C1CC1. The van der Waals surface area contributed by atoms with Crippen LogP contribution in [-0.2, 0) is 4.79 Å². The summed E-state index contributed by atoms with van der Waals surface area (Å²) in [6, 6.07) is 0. The first-order valence-electron chi connectivity index (χ1n) is 6.48. The van der Waals surface area contributed by atoms with Crippen molar-refractivity contribution in [1.82, 2.24) is 15.3 Å². The minimum absolute atomic E-state index is 0.225. The summed E-state index contributed by atoms with van der Waals surface area (Å²) in [4.78, 5) is 20.1. The first kappa shape index (κ1) is 14.3. The van der Waals surface area contributed by atoms with Gasteiger partial charge in [-0.25, -0.2) is 9.97 Å². The number of carboxylic acids is 1. The molecule has 0 bridgehead atoms. The van der Waals surface area contributed by atoms with Crippen LogP contribution in [0.2, 0.25) is 0 Å². The molecule has 1 aromatic heterocycles. The van der Waals surface area contributed by atoms with Gasteiger partial charge in [-0.15, -0.1) is 0 Å². The summed E-state index contributed by atoms with van der Waals surface area (Å²) in [7, 11) is 0. The zero-order valence-electron chi connectivity index (χ0n) is 11.2. The zero-order chi connectivity index (χ0) is 13.9. The average molecular weight is 281 g/mol. The topological polar surface area (TPSA) is 75.1 Å². The van der Waals surface area contributed by atoms with E-state index in [1.54, 1.807) is 12.4 Å². The fourth-order valence-electron chi connectivity index (χ4n) is 2.15. The van der Waals surface area contributed by atoms with E-state index in [0.717, 1.165) is 18.4 Å². The van der Waals surface area contributed by atoms with E-state index in [4.69, 9.17) is 0 Å². The highest BCUT2D eigenvalue weighted by molar-refractivity contribution is 7.99. The van der Waals surface area contributed by atoms with Crippen LogP contribution in [0.5, 0.6) is 0 Å². The van der Waals surface area contributed by atoms with Gasteiger partial charge in [-0.3, -0.25) is 4.79 Å². The van der Waals surface area contributed by atoms with Crippen molar-refractivity contribution in [2.45, 2.75) is 37.4 Å². The van der Waals surface area contributed by atoms with E-state index in [9.17, 15) is 9.90 Å². The number of thioether (sulfide) groups is 1. The number of hydrogen-bond acceptors (Lipinski definition) is 5. The van der Waals surface area contributed by atoms with Crippen molar-refractivity contribution in [3.63, 3.8) is 0 Å². The molecule has 1 aliphatic carbocycles. The number of aromatic nitrogens is 2. The Hall–Kier alpha value is -1.14. The molecule has 1 aromatic rings. The van der Waals surface area contributed by atoms with E-state index >= 15 is 0 Å². The van der Waals surface area contributed by atoms with Crippen LogP contribution in [-0.4, -0.2) is 38.9 Å². The van der Waals surface area contributed by atoms with Crippen LogP contribution in [0.1, 0.15) is 25.3 Å². The molecular formula is C13H19N3O2S. The molecule has 1 aliphatic rings. The first-order chi connectivity index (χ1) is 9.08. The van der Waals surface area contributed by atoms with Gasteiger partial charge in [0.15, 0.2) is 5.16 Å². The van der Waals surface area contributed by atoms with E-state index in [-0.39, 0.29) is 5.92 Å². The first-order valence-corrected chi connectivity index (χ1v) is 7.47. The van der Waals surface area contributed by atoms with Gasteiger partial charge in [-0.1, -0.05) is 18.7 Å². The Morgan fingerprint density at radius 2 is 2.16 bits per heavy atom. The minimum atomic E-state index is -0.840. The predicted octanol–water partition coefficient (Wildman–Crippen LogP) is 1.72. The standard InChI is InChI=1S/C13H19N3O2S/c1-3-16-13(11(17)18,10-4-5-10)8-19-12-14-6-9(2)7-15-12/h6-7,10,16H,3-5,8H2,1-2H3,(H,17,18). The maximum atomic E-state index is 11.7. The Balaban J connectivity index is 2.07. The lowest BCUT2D eigenvalue weighted by Gasteiger charge is -2.29. The fourth-order valence-corrected chi connectivity index (χ4v) is 3.22. The van der Waals surface area contributed by atoms with Gasteiger partial charge in [0.2, 0.25) is 0 Å². The molecule has 2 N–H and O–H groups in total. The second kappa shape index (κ2) is 5.88. The summed E-state index contributed by atoms with van der Waals surface area (Å²) in [6.07, 6.45) is 5.47. The Bertz CT molecular complexity index is 448. The lowest BCUT2D eigenvalue weighted by Crippen LogP contribution is -2.56. The third kappa shape index (κ3) is 3.25. The van der Waals surface area contributed by atoms with Crippen LogP contribution >= 0.6 is 11.8 Å². The average Bonchev–Trinajstić information content (AvgIpc) is 3.20. The Morgan fingerprint density at radius 3 is 2.63 bits per heavy atom. The summed E-state index contributed by atoms with van der Waals surface area (Å²) < 4.78 is 0. The molecule has 0 amide bonds. The number of likely N-dealkylation sites (N-methyl/N-ethyl adjacent to an activating group) is 1. The van der Waals surface area contributed by atoms with Gasteiger partial charge in [0.1, 0.15) is 5.54 Å². The van der Waals surface area contributed by atoms with Gasteiger partial charge in [0.05, 0.1) is 0 Å². The molecule has 1 unspecified atom stereocenters. The van der Waals surface area contributed by atoms with E-state index in [1.807, 2.05) is 13.8 Å². The molecule has 0 spiro atoms. The Labute approximate surface area is 117 Å². The molecule has 0 saturated heterocycles. The molecule has 1 fully saturated rings. The van der Waals surface area contributed by atoms with E-state index < -0.39 is 11.5 Å². The van der Waals surface area contributed by atoms with E-state index in [2.05, 4.69) is 15.3 Å². The number of nitrogens with zero attached hydrogens (tertiary/aromatic N) is 2. The lowest BCUT2D eigenvalue weighted by molar-refractivity contribution is -0.144. The third-order valence-corrected chi connectivity index (χ3v) is 4.40. The molecule has 6 heteroatoms. The molecule has 0 radical (unpaired) electrons. The molecule has 1 heterocycles. The van der Waals surface area contributed by atoms with Gasteiger partial charge >= 0.3 is 5.97 Å². The minimum Gasteiger partial charge on any atom is -0.480 e. The van der Waals surface area contributed by atoms with Crippen molar-refractivity contribution in [2.24, 2.45) is 5.92 Å². The van der Waals surface area contributed by atoms with Gasteiger partial charge < -0.3 is 10.4 Å². The second-order valence-electron chi connectivity index (χ2n) is 4.91. The smallest absolute Gasteiger partial charge is 0.325 e. The van der Waals surface area contributed by atoms with Gasteiger partial charge in [0, 0.05) is 18.1 Å². The molecule has 104 valence electrons. The summed E-state index contributed by atoms with van der Waals surface area (Å²) in [5.74, 6) is -0.0801. The molecule has 19 heavy (non-hydrogen) atoms. The van der Waals surface area contributed by atoms with Crippen molar-refractivity contribution in [1.29, 1.82) is 0 Å². The van der Waals surface area contributed by atoms with Crippen molar-refractivity contribution in [3.05, 3.63) is 18.0 Å². The quantitative estimate of drug-likeness (QED) is 0.585. The maximum Gasteiger partial charge on any atom is 0.325 e. The number of aryl methyl sites for hydroxylation is 1. The molecule has 5 nitrogen and oxygen atoms in total. The Morgan fingerprint density at radius 1 is 1.53 bits per heavy atom. The number of rotatable bonds is 7. The van der Waals surface area contributed by atoms with Crippen LogP contribution in [0.3, 0.4) is 0 Å². The summed E-state index contributed by atoms with van der Waals surface area (Å²) >= 11 is 1.41. The van der Waals surface area contributed by atoms with Gasteiger partial charge in [0.25, 0.3) is 0 Å². The highest BCUT2D eigenvalue weighted by Crippen LogP contribution is 2.42. The molecule has 1 saturated carbocycles. The molecule has 2 rings (SSSR count). The van der Waals surface area contributed by atoms with Crippen molar-refractivity contribution in [2.75, 3.05) is 12.3 Å². The van der Waals surface area contributed by atoms with Crippen LogP contribution in [0.25, 0.3) is 0 Å². The Kier molecular flexibility index (Phi) is 4.42. The van der Waals surface area contributed by atoms with Crippen LogP contribution in [0, 0.1) is 12.8 Å². The fraction of sp³-hybridized carbons (Fsp3) is 0.615. The number of carbonyl (C=O) groups is 1. The summed E-state index contributed by atoms with van der Waals surface area (Å²) in [5.41, 5.74) is 0.163. The van der Waals surface area contributed by atoms with E-state index in [1.165, 1.54) is 11.8 Å². The van der Waals surface area contributed by atoms with Crippen molar-refractivity contribution < 1.29 is 9.90 Å². The second-order valence-corrected chi connectivity index (χ2v) is 5.86. The largest absolute Gasteiger partial charge is 0.480 e. The molecule has 0 aromatic carbocycles. The van der Waals surface area contributed by atoms with Crippen molar-refractivity contribution >= 4 is 17.7 Å². The number of carboxylic acid groups (broad SMARTS) is 1. The molecule has 1 atom stereocenters. The zero-order valence-corrected chi connectivity index (χ0v) is 12.0. The molecular weight excluding hydrogens is 262 g/mol. The predicted molar refractivity (Wildman–Crippen MR) is 74.3 cm³/mol. The van der Waals surface area contributed by atoms with E-state index in [0.29, 0.717) is 17.5 Å². The van der Waals surface area contributed by atoms with Crippen molar-refractivity contribution in [3.8, 4) is 0 Å². The number of aliphatic carboxylic acids is 1. The van der Waals surface area contributed by atoms with Crippen LogP contribution < -0.4 is 5.32 Å². The lowest BCUT2D eigenvalue weighted by atomic mass is 9.96. The van der Waals surface area contributed by atoms with Crippen LogP contribution in [0.4, 0.5) is 0 Å². The highest BCUT2D eigenvalue weighted by Gasteiger charge is 2.50. The number of hydrogen-bond donors (Lipinski definition) is 2. The normalized spacial score (nSPS) is 18.0. The third-order valence-electron chi connectivity index (χ3n) is 3.33. The summed E-state index contributed by atoms with van der Waals surface area (Å²) in [6.45, 7) is 4.52. The maximum absolute atomic E-state index is 11.7. The van der Waals surface area contributed by atoms with Crippen LogP contribution in [0.15, 0.2) is 17.6 Å². The molecule has 0 aliphatic heterocycles.